The Morgan fingerprint density at radius 1 is 0.919 bits per heavy atom. The van der Waals surface area contributed by atoms with Gasteiger partial charge in [-0.2, -0.15) is 8.78 Å². The summed E-state index contributed by atoms with van der Waals surface area (Å²) in [5, 5.41) is 3.60. The fourth-order valence-corrected chi connectivity index (χ4v) is 11.3. The number of sulfone groups is 1. The predicted octanol–water partition coefficient (Wildman–Crippen LogP) is 9.33. The molecule has 1 atom stereocenters. The van der Waals surface area contributed by atoms with E-state index >= 15 is 0 Å². The molecule has 1 amide bonds. The van der Waals surface area contributed by atoms with Gasteiger partial charge in [-0.05, 0) is 135 Å². The Morgan fingerprint density at radius 3 is 2.21 bits per heavy atom. The third-order valence-corrected chi connectivity index (χ3v) is 16.3. The molecule has 17 heteroatoms. The highest BCUT2D eigenvalue weighted by atomic mass is 35.5. The Balaban J connectivity index is 1.08. The summed E-state index contributed by atoms with van der Waals surface area (Å²) in [6.45, 7) is 8.90. The molecule has 4 aromatic carbocycles. The number of halogens is 4. The van der Waals surface area contributed by atoms with Crippen molar-refractivity contribution < 1.29 is 30.4 Å². The maximum absolute atomic E-state index is 14.3. The number of hydrogen-bond donors (Lipinski definition) is 2. The van der Waals surface area contributed by atoms with E-state index in [1.54, 1.807) is 23.9 Å². The summed E-state index contributed by atoms with van der Waals surface area (Å²) in [5.41, 5.74) is 4.98. The van der Waals surface area contributed by atoms with Gasteiger partial charge in [0.15, 0.2) is 0 Å². The van der Waals surface area contributed by atoms with Crippen LogP contribution in [-0.2, 0) is 19.9 Å². The first-order valence-electron chi connectivity index (χ1n) is 20.4. The van der Waals surface area contributed by atoms with Crippen molar-refractivity contribution >= 4 is 77.7 Å². The van der Waals surface area contributed by atoms with E-state index < -0.39 is 40.3 Å². The molecule has 0 saturated carbocycles. The van der Waals surface area contributed by atoms with Gasteiger partial charge in [-0.15, -0.1) is 11.8 Å². The highest BCUT2D eigenvalue weighted by Crippen LogP contribution is 2.43. The molecular formula is C45H53Cl2F2N5O5S3. The number of rotatable bonds is 17. The van der Waals surface area contributed by atoms with Crippen molar-refractivity contribution in [3.8, 4) is 0 Å². The zero-order valence-electron chi connectivity index (χ0n) is 35.2. The van der Waals surface area contributed by atoms with Crippen LogP contribution in [0.3, 0.4) is 0 Å². The molecule has 1 aliphatic heterocycles. The number of alkyl halides is 3. The summed E-state index contributed by atoms with van der Waals surface area (Å²) in [5.74, 6) is -0.273. The zero-order chi connectivity index (χ0) is 44.9. The molecule has 2 aliphatic rings. The Kier molecular flexibility index (Phi) is 15.4. The smallest absolute Gasteiger partial charge is 0.384 e. The maximum atomic E-state index is 14.3. The van der Waals surface area contributed by atoms with Crippen LogP contribution >= 0.6 is 35.0 Å². The molecule has 334 valence electrons. The summed E-state index contributed by atoms with van der Waals surface area (Å²) in [4.78, 5) is 19.3. The Morgan fingerprint density at radius 2 is 1.58 bits per heavy atom. The second-order valence-electron chi connectivity index (χ2n) is 16.7. The Labute approximate surface area is 379 Å². The SMILES string of the molecule is CN(C)C(CCNc1ccc(S(=O)(=O)NC(=O)c2ccc(N3CCN(CC4=C(c5ccc(Cl)cc5)CC(C)(C)CC4)CC3)cc2)cc1S(=O)(=O)C(F)(F)Cl)CSc1ccccc1. The van der Waals surface area contributed by atoms with E-state index in [1.165, 1.54) is 28.8 Å². The molecule has 10 nitrogen and oxygen atoms in total. The monoisotopic (exact) mass is 947 g/mol. The molecule has 4 aromatic rings. The third kappa shape index (κ3) is 12.1. The lowest BCUT2D eigenvalue weighted by atomic mass is 9.72. The summed E-state index contributed by atoms with van der Waals surface area (Å²) in [6, 6.07) is 27.1. The van der Waals surface area contributed by atoms with Gasteiger partial charge in [0.05, 0.1) is 15.5 Å². The first-order chi connectivity index (χ1) is 29.2. The minimum absolute atomic E-state index is 0.0224. The van der Waals surface area contributed by atoms with Gasteiger partial charge in [0.1, 0.15) is 0 Å². The number of amides is 1. The summed E-state index contributed by atoms with van der Waals surface area (Å²) >= 11 is 12.9. The Hall–Kier alpha value is -3.70. The molecular weight excluding hydrogens is 896 g/mol. The Bertz CT molecular complexity index is 2440. The number of nitrogens with one attached hydrogen (secondary N) is 2. The lowest BCUT2D eigenvalue weighted by molar-refractivity contribution is 0.0981. The quantitative estimate of drug-likeness (QED) is 0.0784. The van der Waals surface area contributed by atoms with Crippen molar-refractivity contribution in [2.75, 3.05) is 69.3 Å². The number of carbonyl (C=O) groups excluding carboxylic acids is 1. The second kappa shape index (κ2) is 20.0. The van der Waals surface area contributed by atoms with Crippen LogP contribution in [0.25, 0.3) is 5.57 Å². The van der Waals surface area contributed by atoms with E-state index in [4.69, 9.17) is 23.2 Å². The van der Waals surface area contributed by atoms with E-state index in [9.17, 15) is 30.4 Å². The van der Waals surface area contributed by atoms with Crippen LogP contribution in [0.15, 0.2) is 117 Å². The molecule has 1 fully saturated rings. The van der Waals surface area contributed by atoms with Crippen LogP contribution in [0.1, 0.15) is 55.5 Å². The number of sulfonamides is 1. The van der Waals surface area contributed by atoms with Crippen LogP contribution in [0.5, 0.6) is 0 Å². The van der Waals surface area contributed by atoms with Gasteiger partial charge in [0, 0.05) is 72.2 Å². The maximum Gasteiger partial charge on any atom is 0.427 e. The van der Waals surface area contributed by atoms with Gasteiger partial charge in [-0.1, -0.05) is 61.4 Å². The van der Waals surface area contributed by atoms with Gasteiger partial charge in [-0.3, -0.25) is 9.69 Å². The highest BCUT2D eigenvalue weighted by Gasteiger charge is 2.46. The summed E-state index contributed by atoms with van der Waals surface area (Å²) in [7, 11) is -6.49. The molecule has 1 saturated heterocycles. The highest BCUT2D eigenvalue weighted by molar-refractivity contribution is 7.99. The van der Waals surface area contributed by atoms with Gasteiger partial charge in [0.25, 0.3) is 25.8 Å². The number of benzene rings is 4. The molecule has 1 heterocycles. The molecule has 6 rings (SSSR count). The number of hydrogen-bond acceptors (Lipinski definition) is 10. The van der Waals surface area contributed by atoms with Crippen molar-refractivity contribution in [3.63, 3.8) is 0 Å². The first-order valence-corrected chi connectivity index (χ1v) is 25.1. The molecule has 0 aromatic heterocycles. The lowest BCUT2D eigenvalue weighted by Crippen LogP contribution is -2.47. The third-order valence-electron chi connectivity index (χ3n) is 11.5. The van der Waals surface area contributed by atoms with E-state index in [1.807, 2.05) is 66.2 Å². The lowest BCUT2D eigenvalue weighted by Gasteiger charge is -2.39. The van der Waals surface area contributed by atoms with E-state index in [-0.39, 0.29) is 29.3 Å². The number of thioether (sulfide) groups is 1. The molecule has 0 spiro atoms. The van der Waals surface area contributed by atoms with Crippen molar-refractivity contribution in [2.24, 2.45) is 5.41 Å². The number of anilines is 2. The zero-order valence-corrected chi connectivity index (χ0v) is 39.2. The van der Waals surface area contributed by atoms with Crippen LogP contribution in [0.4, 0.5) is 20.2 Å². The van der Waals surface area contributed by atoms with Crippen LogP contribution in [-0.4, -0.2) is 102 Å². The van der Waals surface area contributed by atoms with Crippen molar-refractivity contribution in [2.45, 2.75) is 65.0 Å². The van der Waals surface area contributed by atoms with Gasteiger partial charge >= 0.3 is 4.71 Å². The van der Waals surface area contributed by atoms with Crippen molar-refractivity contribution in [3.05, 3.63) is 119 Å². The molecule has 1 aliphatic carbocycles. The van der Waals surface area contributed by atoms with E-state index in [0.717, 1.165) is 79.7 Å². The average molecular weight is 949 g/mol. The minimum atomic E-state index is -5.57. The van der Waals surface area contributed by atoms with Crippen LogP contribution in [0, 0.1) is 5.41 Å². The second-order valence-corrected chi connectivity index (χ2v) is 22.6. The van der Waals surface area contributed by atoms with Gasteiger partial charge in [-0.25, -0.2) is 21.6 Å². The summed E-state index contributed by atoms with van der Waals surface area (Å²) < 4.78 is 78.8. The number of nitrogens with zero attached hydrogens (tertiary/aromatic N) is 3. The standard InChI is InChI=1S/C45H53Cl2F2N5O5S3/c1-44(2)22-20-34(40(29-44)32-10-14-35(46)15-11-32)30-53-24-26-54(27-25-53)36-16-12-33(13-17-36)43(55)51-62(58,59)39-18-19-41(42(28-39)61(56,57)45(47,48)49)50-23-21-37(52(3)4)31-60-38-8-6-5-7-9-38/h5-19,28,37,50H,20-27,29-31H2,1-4H3,(H,51,55). The molecule has 2 N–H and O–H groups in total. The summed E-state index contributed by atoms with van der Waals surface area (Å²) in [6.07, 6.45) is 3.69. The normalized spacial score (nSPS) is 17.0. The molecule has 62 heavy (non-hydrogen) atoms. The van der Waals surface area contributed by atoms with E-state index in [0.29, 0.717) is 18.2 Å². The predicted molar refractivity (Wildman–Crippen MR) is 248 cm³/mol. The molecule has 0 bridgehead atoms. The minimum Gasteiger partial charge on any atom is -0.384 e. The van der Waals surface area contributed by atoms with Gasteiger partial charge in [0.2, 0.25) is 0 Å². The van der Waals surface area contributed by atoms with Crippen molar-refractivity contribution in [1.82, 2.24) is 14.5 Å². The number of piperazine rings is 1. The van der Waals surface area contributed by atoms with Gasteiger partial charge < -0.3 is 15.1 Å². The van der Waals surface area contributed by atoms with Crippen LogP contribution < -0.4 is 14.9 Å². The average Bonchev–Trinajstić information content (AvgIpc) is 3.23. The first kappa shape index (κ1) is 47.8. The molecule has 0 radical (unpaired) electrons. The largest absolute Gasteiger partial charge is 0.427 e. The fourth-order valence-electron chi connectivity index (χ4n) is 7.70. The topological polar surface area (TPSA) is 119 Å². The van der Waals surface area contributed by atoms with Crippen molar-refractivity contribution in [1.29, 1.82) is 0 Å². The fraction of sp³-hybridized carbons (Fsp3) is 0.400. The van der Waals surface area contributed by atoms with E-state index in [2.05, 4.69) is 41.1 Å². The molecule has 1 unspecified atom stereocenters. The number of carbonyl (C=O) groups is 1. The number of allylic oxidation sites excluding steroid dienone is 1. The van der Waals surface area contributed by atoms with Crippen LogP contribution in [0.2, 0.25) is 5.02 Å².